The van der Waals surface area contributed by atoms with Gasteiger partial charge in [0.2, 0.25) is 0 Å². The number of carbonyl (C=O) groups is 3. The number of carbonyl (C=O) groups excluding carboxylic acids is 3. The molecular weight excluding hydrogens is 722 g/mol. The van der Waals surface area contributed by atoms with Crippen LogP contribution in [0.1, 0.15) is 40.9 Å². The molecule has 0 saturated carbocycles. The predicted molar refractivity (Wildman–Crippen MR) is 172 cm³/mol. The lowest BCUT2D eigenvalue weighted by molar-refractivity contribution is 0.101. The van der Waals surface area contributed by atoms with E-state index in [2.05, 4.69) is 52.1 Å². The molecule has 3 aromatic heterocycles. The van der Waals surface area contributed by atoms with Gasteiger partial charge >= 0.3 is 0 Å². The SMILES string of the molecule is CC(=O)c1cnc(C)s1.Nc1ccccc1.O=C(Cl)c1cnc(Br)s1.O=C(Nc1ccccc1)c1cnc(Br)s1. The number of nitrogens with two attached hydrogens (primary N) is 1. The number of thiazole rings is 3. The molecule has 1 amide bonds. The summed E-state index contributed by atoms with van der Waals surface area (Å²) in [6.07, 6.45) is 4.60. The van der Waals surface area contributed by atoms with Gasteiger partial charge in [0.15, 0.2) is 13.6 Å². The quantitative estimate of drug-likeness (QED) is 0.108. The van der Waals surface area contributed by atoms with Gasteiger partial charge in [0.05, 0.1) is 22.3 Å². The first kappa shape index (κ1) is 33.4. The molecule has 2 aromatic carbocycles. The van der Waals surface area contributed by atoms with Crippen LogP contribution in [0.4, 0.5) is 11.4 Å². The van der Waals surface area contributed by atoms with Crippen LogP contribution in [-0.4, -0.2) is 31.9 Å². The molecule has 8 nitrogen and oxygen atoms in total. The van der Waals surface area contributed by atoms with Crippen LogP contribution >= 0.6 is 77.5 Å². The van der Waals surface area contributed by atoms with Crippen molar-refractivity contribution >= 4 is 106 Å². The number of Topliss-reactive ketones (excluding diaryl/α,β-unsaturated/α-hetero) is 1. The Morgan fingerprint density at radius 2 is 1.27 bits per heavy atom. The lowest BCUT2D eigenvalue weighted by Crippen LogP contribution is -2.09. The molecule has 40 heavy (non-hydrogen) atoms. The number of nitrogens with zero attached hydrogens (tertiary/aromatic N) is 3. The summed E-state index contributed by atoms with van der Waals surface area (Å²) < 4.78 is 1.38. The van der Waals surface area contributed by atoms with Gasteiger partial charge in [-0.15, -0.1) is 34.0 Å². The van der Waals surface area contributed by atoms with Crippen LogP contribution in [0.25, 0.3) is 0 Å². The van der Waals surface area contributed by atoms with E-state index in [4.69, 9.17) is 17.3 Å². The molecule has 3 heterocycles. The molecule has 0 spiro atoms. The van der Waals surface area contributed by atoms with Crippen LogP contribution in [0, 0.1) is 6.92 Å². The second kappa shape index (κ2) is 17.8. The highest BCUT2D eigenvalue weighted by molar-refractivity contribution is 9.11. The van der Waals surface area contributed by atoms with Gasteiger partial charge in [-0.25, -0.2) is 15.0 Å². The minimum absolute atomic E-state index is 0.0978. The van der Waals surface area contributed by atoms with Crippen LogP contribution in [0.3, 0.4) is 0 Å². The topological polar surface area (TPSA) is 128 Å². The molecule has 0 bridgehead atoms. The Balaban J connectivity index is 0.000000196. The van der Waals surface area contributed by atoms with E-state index in [0.717, 1.165) is 21.3 Å². The van der Waals surface area contributed by atoms with Gasteiger partial charge in [0.25, 0.3) is 11.1 Å². The van der Waals surface area contributed by atoms with E-state index in [1.807, 2.05) is 67.6 Å². The third kappa shape index (κ3) is 13.0. The summed E-state index contributed by atoms with van der Waals surface area (Å²) in [6, 6.07) is 18.8. The average molecular weight is 744 g/mol. The van der Waals surface area contributed by atoms with Gasteiger partial charge in [-0.1, -0.05) is 36.4 Å². The van der Waals surface area contributed by atoms with E-state index in [1.165, 1.54) is 40.2 Å². The van der Waals surface area contributed by atoms with E-state index in [1.54, 1.807) is 19.3 Å². The number of amides is 1. The lowest BCUT2D eigenvalue weighted by Gasteiger charge is -2.01. The van der Waals surface area contributed by atoms with Gasteiger partial charge in [0, 0.05) is 24.5 Å². The smallest absolute Gasteiger partial charge is 0.267 e. The molecule has 0 fully saturated rings. The number of benzene rings is 2. The van der Waals surface area contributed by atoms with Crippen molar-refractivity contribution in [1.82, 2.24) is 15.0 Å². The van der Waals surface area contributed by atoms with Gasteiger partial charge in [0.1, 0.15) is 9.75 Å². The summed E-state index contributed by atoms with van der Waals surface area (Å²) in [4.78, 5) is 46.1. The maximum absolute atomic E-state index is 11.7. The molecule has 0 atom stereocenters. The number of nitrogens with one attached hydrogen (secondary N) is 1. The molecule has 208 valence electrons. The van der Waals surface area contributed by atoms with Crippen LogP contribution in [0.5, 0.6) is 0 Å². The normalized spacial score (nSPS) is 9.53. The van der Waals surface area contributed by atoms with Gasteiger partial charge in [-0.3, -0.25) is 14.4 Å². The number of aromatic nitrogens is 3. The fourth-order valence-corrected chi connectivity index (χ4v) is 5.49. The number of aryl methyl sites for hydroxylation is 1. The Hall–Kier alpha value is -2.81. The largest absolute Gasteiger partial charge is 0.399 e. The van der Waals surface area contributed by atoms with Crippen molar-refractivity contribution in [2.45, 2.75) is 13.8 Å². The highest BCUT2D eigenvalue weighted by Crippen LogP contribution is 2.20. The summed E-state index contributed by atoms with van der Waals surface area (Å²) in [5, 5.41) is 3.27. The molecule has 0 unspecified atom stereocenters. The summed E-state index contributed by atoms with van der Waals surface area (Å²) in [6.45, 7) is 3.43. The number of hydrogen-bond donors (Lipinski definition) is 2. The van der Waals surface area contributed by atoms with E-state index in [0.29, 0.717) is 17.6 Å². The number of para-hydroxylation sites is 2. The van der Waals surface area contributed by atoms with Crippen molar-refractivity contribution in [1.29, 1.82) is 0 Å². The Morgan fingerprint density at radius 1 is 0.775 bits per heavy atom. The molecule has 0 aliphatic heterocycles. The fourth-order valence-electron chi connectivity index (χ4n) is 2.39. The van der Waals surface area contributed by atoms with Crippen LogP contribution < -0.4 is 11.1 Å². The number of nitrogen functional groups attached to an aromatic ring is 1. The fraction of sp³-hybridized carbons (Fsp3) is 0.0769. The number of anilines is 2. The molecular formula is C26H22Br2ClN5O3S3. The zero-order chi connectivity index (χ0) is 29.5. The van der Waals surface area contributed by atoms with Crippen LogP contribution in [-0.2, 0) is 0 Å². The third-order valence-electron chi connectivity index (χ3n) is 4.17. The Labute approximate surface area is 264 Å². The number of halogens is 3. The Morgan fingerprint density at radius 3 is 1.60 bits per heavy atom. The number of rotatable bonds is 4. The summed E-state index contributed by atoms with van der Waals surface area (Å²) in [5.41, 5.74) is 6.96. The lowest BCUT2D eigenvalue weighted by atomic mass is 10.3. The summed E-state index contributed by atoms with van der Waals surface area (Å²) in [7, 11) is 0. The maximum Gasteiger partial charge on any atom is 0.267 e. The minimum atomic E-state index is -0.460. The molecule has 0 radical (unpaired) electrons. The van der Waals surface area contributed by atoms with Gasteiger partial charge in [-0.2, -0.15) is 0 Å². The molecule has 5 rings (SSSR count). The average Bonchev–Trinajstić information content (AvgIpc) is 3.68. The van der Waals surface area contributed by atoms with Gasteiger partial charge < -0.3 is 11.1 Å². The standard InChI is InChI=1S/C10H7BrN2OS.C6H7NOS.C6H7N.C4HBrClNOS/c11-10-12-6-8(15-10)9(14)13-7-4-2-1-3-5-7;1-4(8)6-3-7-5(2)9-6;7-6-4-2-1-3-5-6;5-4-7-1-2(9-4)3(6)8/h1-6H,(H,13,14);3H,1-2H3;1-5H,7H2;1H. The van der Waals surface area contributed by atoms with Crippen molar-refractivity contribution in [2.24, 2.45) is 0 Å². The molecule has 0 aliphatic carbocycles. The Bertz CT molecular complexity index is 1460. The van der Waals surface area contributed by atoms with Crippen molar-refractivity contribution in [2.75, 3.05) is 11.1 Å². The highest BCUT2D eigenvalue weighted by atomic mass is 79.9. The van der Waals surface area contributed by atoms with E-state index in [-0.39, 0.29) is 11.7 Å². The van der Waals surface area contributed by atoms with Crippen LogP contribution in [0.15, 0.2) is 87.1 Å². The minimum Gasteiger partial charge on any atom is -0.399 e. The first-order valence-corrected chi connectivity index (χ1v) is 15.5. The first-order valence-electron chi connectivity index (χ1n) is 11.1. The number of hydrogen-bond acceptors (Lipinski definition) is 10. The van der Waals surface area contributed by atoms with Crippen molar-refractivity contribution < 1.29 is 14.4 Å². The Kier molecular flexibility index (Phi) is 14.9. The first-order chi connectivity index (χ1) is 19.0. The van der Waals surface area contributed by atoms with Crippen molar-refractivity contribution in [3.8, 4) is 0 Å². The molecule has 0 aliphatic rings. The molecule has 0 saturated heterocycles. The third-order valence-corrected chi connectivity index (χ3v) is 8.45. The molecule has 5 aromatic rings. The summed E-state index contributed by atoms with van der Waals surface area (Å²) >= 11 is 15.4. The van der Waals surface area contributed by atoms with Crippen molar-refractivity contribution in [3.05, 3.63) is 107 Å². The predicted octanol–water partition coefficient (Wildman–Crippen LogP) is 8.37. The second-order valence-corrected chi connectivity index (χ2v) is 13.5. The van der Waals surface area contributed by atoms with E-state index in [9.17, 15) is 14.4 Å². The van der Waals surface area contributed by atoms with E-state index >= 15 is 0 Å². The molecule has 3 N–H and O–H groups in total. The van der Waals surface area contributed by atoms with E-state index < -0.39 is 5.24 Å². The number of ketones is 1. The zero-order valence-electron chi connectivity index (χ0n) is 21.0. The second-order valence-electron chi connectivity index (χ2n) is 7.26. The van der Waals surface area contributed by atoms with Gasteiger partial charge in [-0.05, 0) is 74.7 Å². The zero-order valence-corrected chi connectivity index (χ0v) is 27.4. The van der Waals surface area contributed by atoms with Crippen LogP contribution in [0.2, 0.25) is 0 Å². The molecule has 14 heteroatoms. The van der Waals surface area contributed by atoms with Crippen molar-refractivity contribution in [3.63, 3.8) is 0 Å². The summed E-state index contributed by atoms with van der Waals surface area (Å²) in [5.74, 6) is -0.0370. The monoisotopic (exact) mass is 741 g/mol. The highest BCUT2D eigenvalue weighted by Gasteiger charge is 2.09. The maximum atomic E-state index is 11.7.